The fraction of sp³-hybridized carbons (Fsp3) is 0.333. The Morgan fingerprint density at radius 2 is 1.88 bits per heavy atom. The fourth-order valence-corrected chi connectivity index (χ4v) is 4.48. The first-order valence-corrected chi connectivity index (χ1v) is 9.85. The summed E-state index contributed by atoms with van der Waals surface area (Å²) in [6.07, 6.45) is 2.34. The van der Waals surface area contributed by atoms with Gasteiger partial charge in [-0.1, -0.05) is 24.3 Å². The van der Waals surface area contributed by atoms with E-state index in [1.807, 2.05) is 12.1 Å². The van der Waals surface area contributed by atoms with Crippen molar-refractivity contribution >= 4 is 27.1 Å². The highest BCUT2D eigenvalue weighted by Crippen LogP contribution is 2.30. The summed E-state index contributed by atoms with van der Waals surface area (Å²) < 4.78 is 1.34. The number of hydrogen-bond donors (Lipinski definition) is 2. The molecule has 2 heterocycles. The number of hydrogen-bond acceptors (Lipinski definition) is 4. The minimum absolute atomic E-state index is 0.0993. The summed E-state index contributed by atoms with van der Waals surface area (Å²) in [5.41, 5.74) is 3.54. The molecule has 0 radical (unpaired) electrons. The molecule has 1 aliphatic rings. The third-order valence-corrected chi connectivity index (χ3v) is 5.94. The van der Waals surface area contributed by atoms with Crippen molar-refractivity contribution in [2.45, 2.75) is 32.0 Å². The first-order valence-electron chi connectivity index (χ1n) is 8.97. The van der Waals surface area contributed by atoms with Crippen molar-refractivity contribution in [2.24, 2.45) is 0 Å². The van der Waals surface area contributed by atoms with Gasteiger partial charge in [0.2, 0.25) is 0 Å². The third kappa shape index (κ3) is 3.71. The Balaban J connectivity index is 1.67. The second-order valence-electron chi connectivity index (χ2n) is 6.73. The van der Waals surface area contributed by atoms with Crippen LogP contribution in [0.1, 0.15) is 24.0 Å². The van der Waals surface area contributed by atoms with Crippen LogP contribution in [0.2, 0.25) is 0 Å². The summed E-state index contributed by atoms with van der Waals surface area (Å²) in [6, 6.07) is 17.9. The van der Waals surface area contributed by atoms with Gasteiger partial charge in [0.1, 0.15) is 0 Å². The molecule has 4 rings (SSSR count). The average molecular weight is 353 g/mol. The molecule has 1 aromatic heterocycles. The molecule has 2 N–H and O–H groups in total. The molecule has 130 valence electrons. The van der Waals surface area contributed by atoms with Gasteiger partial charge in [-0.15, -0.1) is 11.3 Å². The number of piperidine rings is 1. The van der Waals surface area contributed by atoms with Crippen LogP contribution in [-0.2, 0) is 13.2 Å². The third-order valence-electron chi connectivity index (χ3n) is 5.04. The first-order chi connectivity index (χ1) is 12.3. The fourth-order valence-electron chi connectivity index (χ4n) is 3.71. The van der Waals surface area contributed by atoms with Crippen LogP contribution in [-0.4, -0.2) is 24.2 Å². The van der Waals surface area contributed by atoms with Crippen molar-refractivity contribution in [1.82, 2.24) is 5.32 Å². The second kappa shape index (κ2) is 7.56. The monoisotopic (exact) mass is 352 g/mol. The molecule has 1 fully saturated rings. The van der Waals surface area contributed by atoms with Crippen molar-refractivity contribution in [3.63, 3.8) is 0 Å². The van der Waals surface area contributed by atoms with E-state index < -0.39 is 0 Å². The zero-order valence-electron chi connectivity index (χ0n) is 14.3. The molecule has 0 spiro atoms. The summed E-state index contributed by atoms with van der Waals surface area (Å²) in [4.78, 5) is 2.55. The number of aliphatic hydroxyl groups excluding tert-OH is 1. The molecule has 4 heteroatoms. The van der Waals surface area contributed by atoms with E-state index in [9.17, 15) is 5.11 Å². The largest absolute Gasteiger partial charge is 0.392 e. The molecule has 3 aromatic rings. The topological polar surface area (TPSA) is 35.5 Å². The minimum Gasteiger partial charge on any atom is -0.392 e. The zero-order chi connectivity index (χ0) is 17.1. The molecule has 0 atom stereocenters. The summed E-state index contributed by atoms with van der Waals surface area (Å²) in [5.74, 6) is 0. The number of fused-ring (bicyclic) bond motifs is 1. The number of thiophene rings is 1. The zero-order valence-corrected chi connectivity index (χ0v) is 15.1. The Hall–Kier alpha value is -1.88. The lowest BCUT2D eigenvalue weighted by Crippen LogP contribution is -2.43. The molecular weight excluding hydrogens is 328 g/mol. The molecule has 0 saturated carbocycles. The SMILES string of the molecule is OCc1cccc(CN(c2ccc3sccc3c2)C2CCNCC2)c1. The number of benzene rings is 2. The van der Waals surface area contributed by atoms with Crippen LogP contribution in [0, 0.1) is 0 Å². The van der Waals surface area contributed by atoms with E-state index in [2.05, 4.69) is 52.0 Å². The van der Waals surface area contributed by atoms with E-state index in [1.54, 1.807) is 11.3 Å². The Bertz CT molecular complexity index is 839. The quantitative estimate of drug-likeness (QED) is 0.724. The lowest BCUT2D eigenvalue weighted by atomic mass is 10.0. The van der Waals surface area contributed by atoms with E-state index in [0.717, 1.165) is 25.2 Å². The molecule has 1 aliphatic heterocycles. The van der Waals surface area contributed by atoms with Crippen molar-refractivity contribution in [3.8, 4) is 0 Å². The van der Waals surface area contributed by atoms with Gasteiger partial charge in [-0.2, -0.15) is 0 Å². The van der Waals surface area contributed by atoms with Gasteiger partial charge in [0.05, 0.1) is 6.61 Å². The molecule has 1 saturated heterocycles. The van der Waals surface area contributed by atoms with E-state index in [-0.39, 0.29) is 6.61 Å². The Labute approximate surface area is 152 Å². The maximum absolute atomic E-state index is 9.44. The predicted octanol–water partition coefficient (Wildman–Crippen LogP) is 4.15. The van der Waals surface area contributed by atoms with Gasteiger partial charge in [-0.05, 0) is 72.1 Å². The number of rotatable bonds is 5. The van der Waals surface area contributed by atoms with Crippen molar-refractivity contribution < 1.29 is 5.11 Å². The van der Waals surface area contributed by atoms with Gasteiger partial charge in [-0.3, -0.25) is 0 Å². The number of anilines is 1. The van der Waals surface area contributed by atoms with Crippen LogP contribution in [0.15, 0.2) is 53.9 Å². The number of aliphatic hydroxyl groups is 1. The molecule has 2 aromatic carbocycles. The molecular formula is C21H24N2OS. The van der Waals surface area contributed by atoms with E-state index in [0.29, 0.717) is 6.04 Å². The van der Waals surface area contributed by atoms with Crippen molar-refractivity contribution in [1.29, 1.82) is 0 Å². The summed E-state index contributed by atoms with van der Waals surface area (Å²) in [5, 5.41) is 16.4. The predicted molar refractivity (Wildman–Crippen MR) is 106 cm³/mol. The molecule has 0 unspecified atom stereocenters. The maximum Gasteiger partial charge on any atom is 0.0681 e. The molecule has 25 heavy (non-hydrogen) atoms. The first kappa shape index (κ1) is 16.6. The van der Waals surface area contributed by atoms with E-state index in [1.165, 1.54) is 34.2 Å². The van der Waals surface area contributed by atoms with Crippen molar-refractivity contribution in [3.05, 3.63) is 65.0 Å². The van der Waals surface area contributed by atoms with Crippen LogP contribution >= 0.6 is 11.3 Å². The molecule has 0 aliphatic carbocycles. The molecule has 3 nitrogen and oxygen atoms in total. The van der Waals surface area contributed by atoms with Crippen LogP contribution in [0.3, 0.4) is 0 Å². The van der Waals surface area contributed by atoms with Gasteiger partial charge >= 0.3 is 0 Å². The van der Waals surface area contributed by atoms with Gasteiger partial charge in [-0.25, -0.2) is 0 Å². The minimum atomic E-state index is 0.0993. The number of nitrogens with zero attached hydrogens (tertiary/aromatic N) is 1. The molecule has 0 bridgehead atoms. The van der Waals surface area contributed by atoms with Crippen LogP contribution < -0.4 is 10.2 Å². The van der Waals surface area contributed by atoms with Gasteiger partial charge < -0.3 is 15.3 Å². The average Bonchev–Trinajstić information content (AvgIpc) is 3.15. The van der Waals surface area contributed by atoms with Crippen LogP contribution in [0.5, 0.6) is 0 Å². The Morgan fingerprint density at radius 3 is 2.72 bits per heavy atom. The van der Waals surface area contributed by atoms with Gasteiger partial charge in [0.15, 0.2) is 0 Å². The van der Waals surface area contributed by atoms with Gasteiger partial charge in [0.25, 0.3) is 0 Å². The second-order valence-corrected chi connectivity index (χ2v) is 7.68. The lowest BCUT2D eigenvalue weighted by Gasteiger charge is -2.36. The smallest absolute Gasteiger partial charge is 0.0681 e. The van der Waals surface area contributed by atoms with Gasteiger partial charge in [0, 0.05) is 23.0 Å². The lowest BCUT2D eigenvalue weighted by molar-refractivity contribution is 0.281. The standard InChI is InChI=1S/C21H24N2OS/c24-15-17-3-1-2-16(12-17)14-23(19-6-9-22-10-7-19)20-4-5-21-18(13-20)8-11-25-21/h1-5,8,11-13,19,22,24H,6-7,9-10,14-15H2. The number of nitrogens with one attached hydrogen (secondary N) is 1. The highest BCUT2D eigenvalue weighted by Gasteiger charge is 2.22. The van der Waals surface area contributed by atoms with E-state index >= 15 is 0 Å². The van der Waals surface area contributed by atoms with Crippen molar-refractivity contribution in [2.75, 3.05) is 18.0 Å². The Kier molecular flexibility index (Phi) is 5.02. The maximum atomic E-state index is 9.44. The van der Waals surface area contributed by atoms with Crippen LogP contribution in [0.25, 0.3) is 10.1 Å². The Morgan fingerprint density at radius 1 is 1.04 bits per heavy atom. The molecule has 0 amide bonds. The van der Waals surface area contributed by atoms with Crippen LogP contribution in [0.4, 0.5) is 5.69 Å². The summed E-state index contributed by atoms with van der Waals surface area (Å²) in [6.45, 7) is 3.15. The summed E-state index contributed by atoms with van der Waals surface area (Å²) in [7, 11) is 0. The highest BCUT2D eigenvalue weighted by molar-refractivity contribution is 7.17. The highest BCUT2D eigenvalue weighted by atomic mass is 32.1. The summed E-state index contributed by atoms with van der Waals surface area (Å²) >= 11 is 1.80. The van der Waals surface area contributed by atoms with E-state index in [4.69, 9.17) is 0 Å². The normalized spacial score (nSPS) is 15.6.